The molecule has 8 heteroatoms. The Bertz CT molecular complexity index is 1330. The molecule has 2 aliphatic heterocycles. The number of pyridine rings is 1. The molecule has 0 radical (unpaired) electrons. The van der Waals surface area contributed by atoms with Crippen LogP contribution < -0.4 is 5.32 Å². The van der Waals surface area contributed by atoms with Crippen molar-refractivity contribution in [2.45, 2.75) is 25.8 Å². The SMILES string of the molecule is Cc1cccc(-c2cc(NC3CCN(C(=O)C4CN(S(C)(=O)=O)C4)CC3)c3cnccc3c2)c1. The van der Waals surface area contributed by atoms with Crippen molar-refractivity contribution in [1.82, 2.24) is 14.2 Å². The summed E-state index contributed by atoms with van der Waals surface area (Å²) in [5, 5.41) is 5.96. The van der Waals surface area contributed by atoms with Crippen molar-refractivity contribution in [3.63, 3.8) is 0 Å². The minimum atomic E-state index is -3.20. The van der Waals surface area contributed by atoms with Crippen LogP contribution in [0.2, 0.25) is 0 Å². The van der Waals surface area contributed by atoms with Gasteiger partial charge in [-0.15, -0.1) is 0 Å². The molecule has 0 unspecified atom stereocenters. The molecule has 0 saturated carbocycles. The Morgan fingerprint density at radius 1 is 1.06 bits per heavy atom. The number of carbonyl (C=O) groups excluding carboxylic acids is 1. The summed E-state index contributed by atoms with van der Waals surface area (Å²) in [7, 11) is -3.20. The van der Waals surface area contributed by atoms with E-state index in [1.54, 1.807) is 0 Å². The Balaban J connectivity index is 1.28. The number of nitrogens with zero attached hydrogens (tertiary/aromatic N) is 3. The van der Waals surface area contributed by atoms with Crippen molar-refractivity contribution in [2.75, 3.05) is 37.8 Å². The van der Waals surface area contributed by atoms with Gasteiger partial charge in [0.2, 0.25) is 15.9 Å². The number of hydrogen-bond donors (Lipinski definition) is 1. The lowest BCUT2D eigenvalue weighted by Crippen LogP contribution is -2.57. The number of anilines is 1. The summed E-state index contributed by atoms with van der Waals surface area (Å²) in [6.45, 7) is 4.07. The van der Waals surface area contributed by atoms with E-state index >= 15 is 0 Å². The predicted molar refractivity (Wildman–Crippen MR) is 135 cm³/mol. The third-order valence-corrected chi connectivity index (χ3v) is 8.18. The summed E-state index contributed by atoms with van der Waals surface area (Å²) in [4.78, 5) is 19.0. The van der Waals surface area contributed by atoms with Crippen molar-refractivity contribution in [1.29, 1.82) is 0 Å². The Hall–Kier alpha value is -2.97. The summed E-state index contributed by atoms with van der Waals surface area (Å²) in [6, 6.07) is 15.2. The number of likely N-dealkylation sites (tertiary alicyclic amines) is 1. The van der Waals surface area contributed by atoms with Crippen LogP contribution in [-0.4, -0.2) is 67.0 Å². The van der Waals surface area contributed by atoms with Crippen LogP contribution in [0.4, 0.5) is 5.69 Å². The van der Waals surface area contributed by atoms with Crippen LogP contribution in [0.15, 0.2) is 54.9 Å². The number of sulfonamides is 1. The molecule has 1 amide bonds. The Kier molecular flexibility index (Phi) is 6.04. The molecule has 3 heterocycles. The van der Waals surface area contributed by atoms with Crippen LogP contribution in [0.3, 0.4) is 0 Å². The second-order valence-corrected chi connectivity index (χ2v) is 11.5. The van der Waals surface area contributed by atoms with Gasteiger partial charge in [-0.05, 0) is 54.5 Å². The average Bonchev–Trinajstić information content (AvgIpc) is 2.77. The average molecular weight is 479 g/mol. The lowest BCUT2D eigenvalue weighted by Gasteiger charge is -2.41. The maximum absolute atomic E-state index is 12.8. The molecule has 5 rings (SSSR count). The first-order chi connectivity index (χ1) is 16.3. The van der Waals surface area contributed by atoms with Crippen molar-refractivity contribution in [3.8, 4) is 11.1 Å². The van der Waals surface area contributed by atoms with Gasteiger partial charge in [-0.25, -0.2) is 12.7 Å². The summed E-state index contributed by atoms with van der Waals surface area (Å²) in [5.41, 5.74) is 4.64. The van der Waals surface area contributed by atoms with Gasteiger partial charge in [0.15, 0.2) is 0 Å². The van der Waals surface area contributed by atoms with Crippen molar-refractivity contribution >= 4 is 32.4 Å². The van der Waals surface area contributed by atoms with Gasteiger partial charge in [-0.2, -0.15) is 0 Å². The molecule has 0 spiro atoms. The number of benzene rings is 2. The molecule has 178 valence electrons. The lowest BCUT2D eigenvalue weighted by molar-refractivity contribution is -0.139. The standard InChI is InChI=1S/C26H30N4O3S/c1-18-4-3-5-19(12-18)21-13-20-6-9-27-15-24(20)25(14-21)28-23-7-10-29(11-8-23)26(31)22-16-30(17-22)34(2,32)33/h3-6,9,12-15,22-23,28H,7-8,10-11,16-17H2,1-2H3. The van der Waals surface area contributed by atoms with E-state index in [-0.39, 0.29) is 17.9 Å². The summed E-state index contributed by atoms with van der Waals surface area (Å²) >= 11 is 0. The van der Waals surface area contributed by atoms with E-state index in [0.29, 0.717) is 26.2 Å². The molecule has 2 fully saturated rings. The summed E-state index contributed by atoms with van der Waals surface area (Å²) in [5.74, 6) is -0.130. The Labute approximate surface area is 200 Å². The highest BCUT2D eigenvalue weighted by Crippen LogP contribution is 2.32. The second-order valence-electron chi connectivity index (χ2n) is 9.51. The first-order valence-electron chi connectivity index (χ1n) is 11.7. The van der Waals surface area contributed by atoms with E-state index in [1.165, 1.54) is 21.7 Å². The fraction of sp³-hybridized carbons (Fsp3) is 0.385. The Morgan fingerprint density at radius 2 is 1.82 bits per heavy atom. The quantitative estimate of drug-likeness (QED) is 0.607. The van der Waals surface area contributed by atoms with Crippen LogP contribution in [0, 0.1) is 12.8 Å². The number of fused-ring (bicyclic) bond motifs is 1. The van der Waals surface area contributed by atoms with E-state index in [4.69, 9.17) is 0 Å². The van der Waals surface area contributed by atoms with Crippen LogP contribution in [0.5, 0.6) is 0 Å². The number of carbonyl (C=O) groups is 1. The lowest BCUT2D eigenvalue weighted by atomic mass is 9.97. The van der Waals surface area contributed by atoms with Crippen LogP contribution >= 0.6 is 0 Å². The van der Waals surface area contributed by atoms with E-state index < -0.39 is 10.0 Å². The van der Waals surface area contributed by atoms with Gasteiger partial charge in [0.25, 0.3) is 0 Å². The van der Waals surface area contributed by atoms with Crippen LogP contribution in [-0.2, 0) is 14.8 Å². The summed E-state index contributed by atoms with van der Waals surface area (Å²) < 4.78 is 24.5. The first kappa shape index (κ1) is 22.8. The van der Waals surface area contributed by atoms with Gasteiger partial charge in [0.05, 0.1) is 12.2 Å². The molecule has 34 heavy (non-hydrogen) atoms. The first-order valence-corrected chi connectivity index (χ1v) is 13.6. The molecule has 0 bridgehead atoms. The molecule has 1 aromatic heterocycles. The number of nitrogens with one attached hydrogen (secondary N) is 1. The van der Waals surface area contributed by atoms with E-state index in [2.05, 4.69) is 53.6 Å². The molecular formula is C26H30N4O3S. The maximum Gasteiger partial charge on any atom is 0.228 e. The van der Waals surface area contributed by atoms with Gasteiger partial charge in [-0.3, -0.25) is 9.78 Å². The highest BCUT2D eigenvalue weighted by molar-refractivity contribution is 7.88. The highest BCUT2D eigenvalue weighted by Gasteiger charge is 2.40. The minimum absolute atomic E-state index is 0.0782. The minimum Gasteiger partial charge on any atom is -0.382 e. The van der Waals surface area contributed by atoms with E-state index in [9.17, 15) is 13.2 Å². The maximum atomic E-state index is 12.8. The summed E-state index contributed by atoms with van der Waals surface area (Å²) in [6.07, 6.45) is 6.62. The van der Waals surface area contributed by atoms with Crippen molar-refractivity contribution in [2.24, 2.45) is 5.92 Å². The third kappa shape index (κ3) is 4.65. The normalized spacial score (nSPS) is 18.1. The number of rotatable bonds is 5. The van der Waals surface area contributed by atoms with E-state index in [0.717, 1.165) is 34.9 Å². The fourth-order valence-electron chi connectivity index (χ4n) is 4.90. The number of hydrogen-bond acceptors (Lipinski definition) is 5. The van der Waals surface area contributed by atoms with Gasteiger partial charge in [0.1, 0.15) is 0 Å². The third-order valence-electron chi connectivity index (χ3n) is 6.94. The molecular weight excluding hydrogens is 448 g/mol. The number of piperidine rings is 1. The van der Waals surface area contributed by atoms with Crippen LogP contribution in [0.25, 0.3) is 21.9 Å². The number of aryl methyl sites for hydroxylation is 1. The van der Waals surface area contributed by atoms with E-state index in [1.807, 2.05) is 23.4 Å². The molecule has 7 nitrogen and oxygen atoms in total. The number of amides is 1. The molecule has 0 atom stereocenters. The zero-order valence-electron chi connectivity index (χ0n) is 19.6. The van der Waals surface area contributed by atoms with Crippen LogP contribution in [0.1, 0.15) is 18.4 Å². The molecule has 2 aliphatic rings. The van der Waals surface area contributed by atoms with Crippen molar-refractivity contribution in [3.05, 3.63) is 60.4 Å². The van der Waals surface area contributed by atoms with Gasteiger partial charge >= 0.3 is 0 Å². The smallest absolute Gasteiger partial charge is 0.228 e. The van der Waals surface area contributed by atoms with Gasteiger partial charge in [0, 0.05) is 55.7 Å². The second kappa shape index (κ2) is 9.00. The number of aromatic nitrogens is 1. The van der Waals surface area contributed by atoms with Gasteiger partial charge < -0.3 is 10.2 Å². The predicted octanol–water partition coefficient (Wildman–Crippen LogP) is 3.50. The fourth-order valence-corrected chi connectivity index (χ4v) is 5.80. The molecule has 2 aromatic carbocycles. The van der Waals surface area contributed by atoms with Gasteiger partial charge in [-0.1, -0.05) is 29.8 Å². The molecule has 3 aromatic rings. The monoisotopic (exact) mass is 478 g/mol. The highest BCUT2D eigenvalue weighted by atomic mass is 32.2. The zero-order valence-corrected chi connectivity index (χ0v) is 20.4. The molecule has 2 saturated heterocycles. The topological polar surface area (TPSA) is 82.6 Å². The molecule has 1 N–H and O–H groups in total. The largest absolute Gasteiger partial charge is 0.382 e. The van der Waals surface area contributed by atoms with Crippen molar-refractivity contribution < 1.29 is 13.2 Å². The zero-order chi connectivity index (χ0) is 23.9. The molecule has 0 aliphatic carbocycles. The Morgan fingerprint density at radius 3 is 2.53 bits per heavy atom.